The first-order chi connectivity index (χ1) is 11.6. The number of ether oxygens (including phenoxy) is 1. The van der Waals surface area contributed by atoms with E-state index in [2.05, 4.69) is 10.3 Å². The van der Waals surface area contributed by atoms with Gasteiger partial charge in [-0.1, -0.05) is 25.0 Å². The smallest absolute Gasteiger partial charge is 0.227 e. The first kappa shape index (κ1) is 16.5. The van der Waals surface area contributed by atoms with Crippen LogP contribution in [-0.4, -0.2) is 32.8 Å². The molecular weight excluding hydrogens is 306 g/mol. The summed E-state index contributed by atoms with van der Waals surface area (Å²) in [5.74, 6) is 0.453. The number of carbonyl (C=O) groups excluding carboxylic acids is 1. The average Bonchev–Trinajstić information content (AvgIpc) is 3.21. The van der Waals surface area contributed by atoms with Gasteiger partial charge in [-0.15, -0.1) is 0 Å². The van der Waals surface area contributed by atoms with Crippen LogP contribution in [0.15, 0.2) is 43.0 Å². The van der Waals surface area contributed by atoms with E-state index in [1.165, 1.54) is 0 Å². The predicted molar refractivity (Wildman–Crippen MR) is 90.8 cm³/mol. The highest BCUT2D eigenvalue weighted by Gasteiger charge is 2.33. The number of aromatic nitrogens is 2. The lowest BCUT2D eigenvalue weighted by Crippen LogP contribution is -2.30. The minimum atomic E-state index is -0.846. The van der Waals surface area contributed by atoms with Crippen molar-refractivity contribution >= 4 is 11.6 Å². The molecule has 1 aromatic carbocycles. The number of nitrogens with one attached hydrogen (secondary N) is 1. The van der Waals surface area contributed by atoms with Crippen LogP contribution >= 0.6 is 0 Å². The molecule has 1 aromatic heterocycles. The van der Waals surface area contributed by atoms with Crippen LogP contribution in [0.5, 0.6) is 5.75 Å². The molecule has 6 nitrogen and oxygen atoms in total. The van der Waals surface area contributed by atoms with Gasteiger partial charge in [0.05, 0.1) is 30.6 Å². The molecule has 0 unspecified atom stereocenters. The molecule has 0 saturated heterocycles. The highest BCUT2D eigenvalue weighted by molar-refractivity contribution is 5.92. The van der Waals surface area contributed by atoms with Gasteiger partial charge >= 0.3 is 0 Å². The number of aliphatic hydroxyl groups is 1. The maximum absolute atomic E-state index is 12.2. The average molecular weight is 329 g/mol. The van der Waals surface area contributed by atoms with Gasteiger partial charge in [-0.25, -0.2) is 4.98 Å². The maximum atomic E-state index is 12.2. The lowest BCUT2D eigenvalue weighted by atomic mass is 9.97. The Kier molecular flexibility index (Phi) is 5.15. The van der Waals surface area contributed by atoms with E-state index in [1.807, 2.05) is 35.0 Å². The number of rotatable bonds is 7. The third-order valence-corrected chi connectivity index (χ3v) is 4.35. The second kappa shape index (κ2) is 7.49. The molecule has 3 rings (SSSR count). The summed E-state index contributed by atoms with van der Waals surface area (Å²) < 4.78 is 7.71. The Bertz CT molecular complexity index is 664. The molecule has 0 spiro atoms. The first-order valence-electron chi connectivity index (χ1n) is 8.34. The second-order valence-electron chi connectivity index (χ2n) is 6.30. The summed E-state index contributed by atoms with van der Waals surface area (Å²) in [7, 11) is 0. The topological polar surface area (TPSA) is 76.4 Å². The monoisotopic (exact) mass is 329 g/mol. The van der Waals surface area contributed by atoms with Crippen molar-refractivity contribution in [2.45, 2.75) is 44.2 Å². The van der Waals surface area contributed by atoms with Crippen molar-refractivity contribution < 1.29 is 14.6 Å². The standard InChI is InChI=1S/C18H23N3O3/c22-17(13-18(23)7-3-4-8-18)20-15-5-1-2-6-16(15)24-12-11-21-10-9-19-14-21/h1-2,5-6,9-10,14,23H,3-4,7-8,11-13H2,(H,20,22). The van der Waals surface area contributed by atoms with Crippen LogP contribution < -0.4 is 10.1 Å². The van der Waals surface area contributed by atoms with Gasteiger partial charge in [0.25, 0.3) is 0 Å². The largest absolute Gasteiger partial charge is 0.490 e. The fraction of sp³-hybridized carbons (Fsp3) is 0.444. The number of carbonyl (C=O) groups is 1. The molecule has 1 saturated carbocycles. The van der Waals surface area contributed by atoms with Crippen molar-refractivity contribution in [3.05, 3.63) is 43.0 Å². The summed E-state index contributed by atoms with van der Waals surface area (Å²) in [6, 6.07) is 7.35. The zero-order valence-electron chi connectivity index (χ0n) is 13.6. The van der Waals surface area contributed by atoms with Crippen molar-refractivity contribution in [2.75, 3.05) is 11.9 Å². The van der Waals surface area contributed by atoms with E-state index in [1.54, 1.807) is 12.5 Å². The Morgan fingerprint density at radius 1 is 1.33 bits per heavy atom. The number of hydrogen-bond acceptors (Lipinski definition) is 4. The van der Waals surface area contributed by atoms with Crippen LogP contribution in [0.2, 0.25) is 0 Å². The normalized spacial score (nSPS) is 16.0. The number of para-hydroxylation sites is 2. The molecule has 1 heterocycles. The maximum Gasteiger partial charge on any atom is 0.227 e. The van der Waals surface area contributed by atoms with Crippen molar-refractivity contribution in [1.29, 1.82) is 0 Å². The Hall–Kier alpha value is -2.34. The third kappa shape index (κ3) is 4.35. The third-order valence-electron chi connectivity index (χ3n) is 4.35. The molecule has 2 N–H and O–H groups in total. The highest BCUT2D eigenvalue weighted by Crippen LogP contribution is 2.33. The Morgan fingerprint density at radius 2 is 2.12 bits per heavy atom. The number of nitrogens with zero attached hydrogens (tertiary/aromatic N) is 2. The number of hydrogen-bond donors (Lipinski definition) is 2. The highest BCUT2D eigenvalue weighted by atomic mass is 16.5. The summed E-state index contributed by atoms with van der Waals surface area (Å²) >= 11 is 0. The van der Waals surface area contributed by atoms with Crippen LogP contribution in [-0.2, 0) is 11.3 Å². The van der Waals surface area contributed by atoms with Gasteiger partial charge < -0.3 is 19.7 Å². The molecular formula is C18H23N3O3. The number of amides is 1. The van der Waals surface area contributed by atoms with Gasteiger partial charge in [-0.2, -0.15) is 0 Å². The van der Waals surface area contributed by atoms with Crippen molar-refractivity contribution in [2.24, 2.45) is 0 Å². The molecule has 6 heteroatoms. The molecule has 1 aliphatic rings. The number of imidazole rings is 1. The van der Waals surface area contributed by atoms with Crippen LogP contribution in [0.1, 0.15) is 32.1 Å². The van der Waals surface area contributed by atoms with Crippen molar-refractivity contribution in [3.63, 3.8) is 0 Å². The first-order valence-corrected chi connectivity index (χ1v) is 8.34. The van der Waals surface area contributed by atoms with E-state index in [0.29, 0.717) is 37.4 Å². The van der Waals surface area contributed by atoms with Crippen molar-refractivity contribution in [1.82, 2.24) is 9.55 Å². The van der Waals surface area contributed by atoms with Crippen LogP contribution in [0.3, 0.4) is 0 Å². The molecule has 2 aromatic rings. The molecule has 128 valence electrons. The molecule has 0 atom stereocenters. The fourth-order valence-corrected chi connectivity index (χ4v) is 3.08. The predicted octanol–water partition coefficient (Wildman–Crippen LogP) is 2.60. The van der Waals surface area contributed by atoms with Gasteiger partial charge in [0.2, 0.25) is 5.91 Å². The van der Waals surface area contributed by atoms with E-state index in [9.17, 15) is 9.90 Å². The van der Waals surface area contributed by atoms with Crippen LogP contribution in [0, 0.1) is 0 Å². The van der Waals surface area contributed by atoms with Gasteiger partial charge in [0, 0.05) is 12.4 Å². The molecule has 24 heavy (non-hydrogen) atoms. The second-order valence-corrected chi connectivity index (χ2v) is 6.30. The molecule has 0 aliphatic heterocycles. The van der Waals surface area contributed by atoms with Crippen molar-refractivity contribution in [3.8, 4) is 5.75 Å². The molecule has 1 amide bonds. The quantitative estimate of drug-likeness (QED) is 0.818. The summed E-state index contributed by atoms with van der Waals surface area (Å²) in [6.07, 6.45) is 8.83. The summed E-state index contributed by atoms with van der Waals surface area (Å²) in [5.41, 5.74) is -0.212. The van der Waals surface area contributed by atoms with Gasteiger partial charge in [0.1, 0.15) is 12.4 Å². The SMILES string of the molecule is O=C(CC1(O)CCCC1)Nc1ccccc1OCCn1ccnc1. The zero-order chi connectivity index (χ0) is 16.8. The Labute approximate surface area is 141 Å². The Balaban J connectivity index is 1.56. The van der Waals surface area contributed by atoms with Gasteiger partial charge in [0.15, 0.2) is 0 Å². The Morgan fingerprint density at radius 3 is 2.88 bits per heavy atom. The lowest BCUT2D eigenvalue weighted by Gasteiger charge is -2.21. The summed E-state index contributed by atoms with van der Waals surface area (Å²) in [4.78, 5) is 16.2. The zero-order valence-corrected chi connectivity index (χ0v) is 13.6. The van der Waals surface area contributed by atoms with E-state index in [4.69, 9.17) is 4.74 Å². The van der Waals surface area contributed by atoms with Gasteiger partial charge in [-0.05, 0) is 25.0 Å². The number of benzene rings is 1. The fourth-order valence-electron chi connectivity index (χ4n) is 3.08. The number of anilines is 1. The lowest BCUT2D eigenvalue weighted by molar-refractivity contribution is -0.120. The van der Waals surface area contributed by atoms with Crippen LogP contribution in [0.4, 0.5) is 5.69 Å². The van der Waals surface area contributed by atoms with Crippen LogP contribution in [0.25, 0.3) is 0 Å². The molecule has 1 aliphatic carbocycles. The van der Waals surface area contributed by atoms with E-state index in [-0.39, 0.29) is 12.3 Å². The minimum absolute atomic E-state index is 0.135. The summed E-state index contributed by atoms with van der Waals surface area (Å²) in [5, 5.41) is 13.2. The summed E-state index contributed by atoms with van der Waals surface area (Å²) in [6.45, 7) is 1.16. The van der Waals surface area contributed by atoms with Gasteiger partial charge in [-0.3, -0.25) is 4.79 Å². The minimum Gasteiger partial charge on any atom is -0.490 e. The molecule has 0 bridgehead atoms. The van der Waals surface area contributed by atoms with E-state index in [0.717, 1.165) is 12.8 Å². The molecule has 0 radical (unpaired) electrons. The van der Waals surface area contributed by atoms with E-state index >= 15 is 0 Å². The molecule has 1 fully saturated rings. The van der Waals surface area contributed by atoms with E-state index < -0.39 is 5.60 Å².